The maximum atomic E-state index is 11.1. The van der Waals surface area contributed by atoms with Gasteiger partial charge < -0.3 is 20.1 Å². The smallest absolute Gasteiger partial charge is 0.335 e. The van der Waals surface area contributed by atoms with E-state index in [9.17, 15) is 4.79 Å². The molecular formula is C23H29N3O3. The predicted molar refractivity (Wildman–Crippen MR) is 114 cm³/mol. The van der Waals surface area contributed by atoms with Crippen molar-refractivity contribution in [3.63, 3.8) is 0 Å². The quantitative estimate of drug-likeness (QED) is 0.736. The van der Waals surface area contributed by atoms with Gasteiger partial charge in [-0.1, -0.05) is 31.4 Å². The number of fused-ring (bicyclic) bond motifs is 1. The molecule has 2 aromatic rings. The fourth-order valence-electron chi connectivity index (χ4n) is 4.41. The molecule has 154 valence electrons. The Morgan fingerprint density at radius 2 is 2.00 bits per heavy atom. The van der Waals surface area contributed by atoms with Crippen molar-refractivity contribution in [2.45, 2.75) is 45.1 Å². The number of carboxylic acids is 1. The number of aromatic nitrogens is 1. The molecule has 1 atom stereocenters. The summed E-state index contributed by atoms with van der Waals surface area (Å²) in [5, 5.41) is 12.6. The lowest BCUT2D eigenvalue weighted by Gasteiger charge is -2.36. The molecule has 1 aromatic heterocycles. The molecule has 1 aliphatic carbocycles. The van der Waals surface area contributed by atoms with Gasteiger partial charge in [0.25, 0.3) is 0 Å². The summed E-state index contributed by atoms with van der Waals surface area (Å²) < 4.78 is 5.93. The van der Waals surface area contributed by atoms with Gasteiger partial charge in [-0.2, -0.15) is 0 Å². The topological polar surface area (TPSA) is 74.7 Å². The monoisotopic (exact) mass is 395 g/mol. The molecule has 1 aromatic carbocycles. The van der Waals surface area contributed by atoms with Crippen molar-refractivity contribution in [1.82, 2.24) is 4.98 Å². The van der Waals surface area contributed by atoms with Crippen LogP contribution in [-0.2, 0) is 0 Å². The van der Waals surface area contributed by atoms with Crippen LogP contribution >= 0.6 is 0 Å². The highest BCUT2D eigenvalue weighted by atomic mass is 16.5. The summed E-state index contributed by atoms with van der Waals surface area (Å²) in [5.41, 5.74) is 2.37. The molecule has 2 heterocycles. The van der Waals surface area contributed by atoms with Crippen molar-refractivity contribution < 1.29 is 14.6 Å². The van der Waals surface area contributed by atoms with E-state index in [1.54, 1.807) is 18.3 Å². The summed E-state index contributed by atoms with van der Waals surface area (Å²) in [6.45, 7) is 4.70. The van der Waals surface area contributed by atoms with Crippen LogP contribution in [0.3, 0.4) is 0 Å². The van der Waals surface area contributed by atoms with Crippen molar-refractivity contribution >= 4 is 17.5 Å². The Hall–Kier alpha value is -2.76. The summed E-state index contributed by atoms with van der Waals surface area (Å²) in [6.07, 6.45) is 8.44. The SMILES string of the molecule is C[C@H](Nc1nccc2c1N(CC1CCCCC1)CCO2)c1ccc(C(=O)O)cc1. The summed E-state index contributed by atoms with van der Waals surface area (Å²) in [7, 11) is 0. The summed E-state index contributed by atoms with van der Waals surface area (Å²) in [4.78, 5) is 18.1. The number of aromatic carboxylic acids is 1. The number of ether oxygens (including phenoxy) is 1. The normalized spacial score (nSPS) is 17.9. The van der Waals surface area contributed by atoms with Gasteiger partial charge in [0.1, 0.15) is 18.0 Å². The van der Waals surface area contributed by atoms with E-state index in [2.05, 4.69) is 22.1 Å². The minimum absolute atomic E-state index is 0.00435. The fourth-order valence-corrected chi connectivity index (χ4v) is 4.41. The van der Waals surface area contributed by atoms with E-state index in [0.717, 1.165) is 41.8 Å². The van der Waals surface area contributed by atoms with Crippen LogP contribution in [0.15, 0.2) is 36.5 Å². The summed E-state index contributed by atoms with van der Waals surface area (Å²) in [5.74, 6) is 1.54. The van der Waals surface area contributed by atoms with E-state index in [1.165, 1.54) is 32.1 Å². The van der Waals surface area contributed by atoms with Gasteiger partial charge >= 0.3 is 5.97 Å². The number of nitrogens with zero attached hydrogens (tertiary/aromatic N) is 2. The Bertz CT molecular complexity index is 847. The second-order valence-electron chi connectivity index (χ2n) is 8.10. The van der Waals surface area contributed by atoms with E-state index in [1.807, 2.05) is 18.2 Å². The molecule has 1 aliphatic heterocycles. The van der Waals surface area contributed by atoms with Crippen LogP contribution in [0.25, 0.3) is 0 Å². The van der Waals surface area contributed by atoms with Crippen molar-refractivity contribution in [1.29, 1.82) is 0 Å². The van der Waals surface area contributed by atoms with E-state index in [0.29, 0.717) is 12.2 Å². The highest BCUT2D eigenvalue weighted by Crippen LogP contribution is 2.39. The molecule has 0 spiro atoms. The van der Waals surface area contributed by atoms with Crippen molar-refractivity contribution in [2.75, 3.05) is 29.9 Å². The molecule has 4 rings (SSSR count). The maximum Gasteiger partial charge on any atom is 0.335 e. The number of pyridine rings is 1. The van der Waals surface area contributed by atoms with E-state index in [4.69, 9.17) is 9.84 Å². The number of hydrogen-bond acceptors (Lipinski definition) is 5. The highest BCUT2D eigenvalue weighted by molar-refractivity contribution is 5.87. The van der Waals surface area contributed by atoms with Gasteiger partial charge in [0.05, 0.1) is 18.2 Å². The first-order chi connectivity index (χ1) is 14.1. The Kier molecular flexibility index (Phi) is 5.88. The number of nitrogens with one attached hydrogen (secondary N) is 1. The number of anilines is 2. The maximum absolute atomic E-state index is 11.1. The summed E-state index contributed by atoms with van der Waals surface area (Å²) in [6, 6.07) is 8.93. The standard InChI is InChI=1S/C23H29N3O3/c1-16(18-7-9-19(10-8-18)23(27)28)25-22-21-20(11-12-24-22)29-14-13-26(21)15-17-5-3-2-4-6-17/h7-12,16-17H,2-6,13-15H2,1H3,(H,24,25)(H,27,28)/t16-/m0/s1. The Morgan fingerprint density at radius 3 is 2.72 bits per heavy atom. The molecule has 0 unspecified atom stereocenters. The average Bonchev–Trinajstić information content (AvgIpc) is 2.75. The molecule has 0 bridgehead atoms. The van der Waals surface area contributed by atoms with Gasteiger partial charge in [-0.3, -0.25) is 0 Å². The minimum Gasteiger partial charge on any atom is -0.489 e. The van der Waals surface area contributed by atoms with E-state index < -0.39 is 5.97 Å². The minimum atomic E-state index is -0.911. The van der Waals surface area contributed by atoms with Gasteiger partial charge in [0.2, 0.25) is 0 Å². The lowest BCUT2D eigenvalue weighted by molar-refractivity contribution is 0.0697. The first-order valence-corrected chi connectivity index (χ1v) is 10.6. The second-order valence-corrected chi connectivity index (χ2v) is 8.10. The first kappa shape index (κ1) is 19.6. The van der Waals surface area contributed by atoms with E-state index >= 15 is 0 Å². The number of hydrogen-bond donors (Lipinski definition) is 2. The fraction of sp³-hybridized carbons (Fsp3) is 0.478. The van der Waals surface area contributed by atoms with Crippen molar-refractivity contribution in [2.24, 2.45) is 5.92 Å². The number of rotatable bonds is 6. The molecule has 1 fully saturated rings. The second kappa shape index (κ2) is 8.72. The van der Waals surface area contributed by atoms with Crippen LogP contribution in [0.1, 0.15) is 61.0 Å². The van der Waals surface area contributed by atoms with Crippen LogP contribution < -0.4 is 15.0 Å². The molecule has 2 N–H and O–H groups in total. The number of carbonyl (C=O) groups is 1. The molecule has 0 amide bonds. The van der Waals surface area contributed by atoms with Gasteiger partial charge in [-0.15, -0.1) is 0 Å². The number of carboxylic acid groups (broad SMARTS) is 1. The highest BCUT2D eigenvalue weighted by Gasteiger charge is 2.26. The zero-order valence-corrected chi connectivity index (χ0v) is 16.9. The molecule has 0 radical (unpaired) electrons. The third kappa shape index (κ3) is 4.47. The van der Waals surface area contributed by atoms with Gasteiger partial charge in [-0.05, 0) is 43.4 Å². The molecule has 0 saturated heterocycles. The van der Waals surface area contributed by atoms with Crippen LogP contribution in [-0.4, -0.2) is 35.8 Å². The van der Waals surface area contributed by atoms with Gasteiger partial charge in [0, 0.05) is 18.8 Å². The molecule has 1 saturated carbocycles. The summed E-state index contributed by atoms with van der Waals surface area (Å²) >= 11 is 0. The third-order valence-electron chi connectivity index (χ3n) is 6.04. The zero-order chi connectivity index (χ0) is 20.2. The zero-order valence-electron chi connectivity index (χ0n) is 16.9. The van der Waals surface area contributed by atoms with Crippen molar-refractivity contribution in [3.8, 4) is 5.75 Å². The molecule has 6 heteroatoms. The molecular weight excluding hydrogens is 366 g/mol. The number of benzene rings is 1. The lowest BCUT2D eigenvalue weighted by atomic mass is 9.89. The molecule has 2 aliphatic rings. The predicted octanol–water partition coefficient (Wildman–Crippen LogP) is 4.73. The Labute approximate surface area is 171 Å². The van der Waals surface area contributed by atoms with Gasteiger partial charge in [-0.25, -0.2) is 9.78 Å². The van der Waals surface area contributed by atoms with Crippen molar-refractivity contribution in [3.05, 3.63) is 47.7 Å². The largest absolute Gasteiger partial charge is 0.489 e. The molecule has 29 heavy (non-hydrogen) atoms. The van der Waals surface area contributed by atoms with Gasteiger partial charge in [0.15, 0.2) is 5.82 Å². The van der Waals surface area contributed by atoms with Crippen LogP contribution in [0.4, 0.5) is 11.5 Å². The third-order valence-corrected chi connectivity index (χ3v) is 6.04. The van der Waals surface area contributed by atoms with E-state index in [-0.39, 0.29) is 6.04 Å². The van der Waals surface area contributed by atoms with Crippen LogP contribution in [0, 0.1) is 5.92 Å². The van der Waals surface area contributed by atoms with Crippen LogP contribution in [0.2, 0.25) is 0 Å². The molecule has 6 nitrogen and oxygen atoms in total. The first-order valence-electron chi connectivity index (χ1n) is 10.6. The Balaban J connectivity index is 1.54. The average molecular weight is 396 g/mol. The Morgan fingerprint density at radius 1 is 1.24 bits per heavy atom. The van der Waals surface area contributed by atoms with Crippen LogP contribution in [0.5, 0.6) is 5.75 Å². The lowest BCUT2D eigenvalue weighted by Crippen LogP contribution is -2.37.